The number of alkyl halides is 2. The van der Waals surface area contributed by atoms with Gasteiger partial charge in [-0.3, -0.25) is 0 Å². The normalized spacial score (nSPS) is 12.2. The summed E-state index contributed by atoms with van der Waals surface area (Å²) in [6, 6.07) is 15.1. The van der Waals surface area contributed by atoms with E-state index in [-0.39, 0.29) is 12.2 Å². The van der Waals surface area contributed by atoms with Crippen LogP contribution in [0.25, 0.3) is 11.0 Å². The van der Waals surface area contributed by atoms with Crippen LogP contribution in [0.5, 0.6) is 11.5 Å². The predicted octanol–water partition coefficient (Wildman–Crippen LogP) is 6.11. The molecular formula is C27H30F2N4O3. The average molecular weight is 497 g/mol. The van der Waals surface area contributed by atoms with Crippen LogP contribution < -0.4 is 10.1 Å². The highest BCUT2D eigenvalue weighted by molar-refractivity contribution is 5.88. The molecule has 36 heavy (non-hydrogen) atoms. The number of fused-ring (bicyclic) bond motifs is 1. The maximum Gasteiger partial charge on any atom is 0.278 e. The summed E-state index contributed by atoms with van der Waals surface area (Å²) in [5, 5.41) is 12.2. The van der Waals surface area contributed by atoms with Crippen molar-refractivity contribution in [3.8, 4) is 11.5 Å². The average Bonchev–Trinajstić information content (AvgIpc) is 3.27. The number of hydrogen-bond acceptors (Lipinski definition) is 6. The highest BCUT2D eigenvalue weighted by Crippen LogP contribution is 2.45. The van der Waals surface area contributed by atoms with Gasteiger partial charge in [-0.25, -0.2) is 18.7 Å². The van der Waals surface area contributed by atoms with Gasteiger partial charge in [0.05, 0.1) is 25.3 Å². The van der Waals surface area contributed by atoms with E-state index in [1.807, 2.05) is 29.0 Å². The van der Waals surface area contributed by atoms with Crippen LogP contribution in [0.1, 0.15) is 26.3 Å². The smallest absolute Gasteiger partial charge is 0.278 e. The Hall–Kier alpha value is -3.56. The summed E-state index contributed by atoms with van der Waals surface area (Å²) in [5.41, 5.74) is 1.11. The molecule has 190 valence electrons. The molecule has 0 aliphatic carbocycles. The van der Waals surface area contributed by atoms with Crippen LogP contribution in [-0.2, 0) is 17.2 Å². The van der Waals surface area contributed by atoms with E-state index < -0.39 is 11.3 Å². The van der Waals surface area contributed by atoms with Gasteiger partial charge in [0.25, 0.3) is 5.92 Å². The van der Waals surface area contributed by atoms with Crippen molar-refractivity contribution in [1.82, 2.24) is 14.5 Å². The number of benzene rings is 2. The first-order chi connectivity index (χ1) is 17.2. The van der Waals surface area contributed by atoms with Crippen molar-refractivity contribution in [2.75, 3.05) is 25.1 Å². The fraction of sp³-hybridized carbons (Fsp3) is 0.333. The van der Waals surface area contributed by atoms with E-state index in [1.165, 1.54) is 39.2 Å². The summed E-state index contributed by atoms with van der Waals surface area (Å²) >= 11 is 0. The summed E-state index contributed by atoms with van der Waals surface area (Å²) in [6.45, 7) is 5.85. The Kier molecular flexibility index (Phi) is 7.51. The van der Waals surface area contributed by atoms with E-state index in [2.05, 4.69) is 15.3 Å². The van der Waals surface area contributed by atoms with Crippen LogP contribution in [0.2, 0.25) is 0 Å². The number of nitrogens with zero attached hydrogens (tertiary/aromatic N) is 3. The van der Waals surface area contributed by atoms with Gasteiger partial charge in [-0.15, -0.1) is 0 Å². The van der Waals surface area contributed by atoms with Crippen LogP contribution in [0.4, 0.5) is 20.3 Å². The fourth-order valence-electron chi connectivity index (χ4n) is 3.71. The molecule has 9 heteroatoms. The molecule has 0 atom stereocenters. The molecule has 0 aliphatic rings. The Balaban J connectivity index is 1.48. The maximum atomic E-state index is 14.8. The molecule has 7 nitrogen and oxygen atoms in total. The first-order valence-corrected chi connectivity index (χ1v) is 11.7. The minimum Gasteiger partial charge on any atom is -0.457 e. The van der Waals surface area contributed by atoms with Gasteiger partial charge in [-0.1, -0.05) is 32.9 Å². The number of rotatable bonds is 10. The summed E-state index contributed by atoms with van der Waals surface area (Å²) in [5.74, 6) is -1.49. The molecule has 2 aromatic carbocycles. The van der Waals surface area contributed by atoms with Crippen molar-refractivity contribution in [3.63, 3.8) is 0 Å². The van der Waals surface area contributed by atoms with E-state index in [0.717, 1.165) is 16.7 Å². The van der Waals surface area contributed by atoms with Crippen molar-refractivity contribution >= 4 is 22.5 Å². The van der Waals surface area contributed by atoms with Gasteiger partial charge in [-0.05, 0) is 42.5 Å². The molecule has 0 radical (unpaired) electrons. The number of hydrogen-bond donors (Lipinski definition) is 2. The minimum atomic E-state index is -2.99. The minimum absolute atomic E-state index is 0.0170. The Bertz CT molecular complexity index is 1300. The molecule has 0 saturated carbocycles. The fourth-order valence-corrected chi connectivity index (χ4v) is 3.71. The summed E-state index contributed by atoms with van der Waals surface area (Å²) < 4.78 is 42.8. The van der Waals surface area contributed by atoms with Crippen molar-refractivity contribution in [3.05, 3.63) is 72.7 Å². The van der Waals surface area contributed by atoms with Crippen molar-refractivity contribution in [1.29, 1.82) is 0 Å². The van der Waals surface area contributed by atoms with Gasteiger partial charge in [0.15, 0.2) is 5.82 Å². The van der Waals surface area contributed by atoms with Gasteiger partial charge in [-0.2, -0.15) is 0 Å². The maximum absolute atomic E-state index is 14.8. The number of aliphatic hydroxyl groups excluding tert-OH is 1. The van der Waals surface area contributed by atoms with Crippen molar-refractivity contribution in [2.24, 2.45) is 5.41 Å². The van der Waals surface area contributed by atoms with Crippen LogP contribution in [0.3, 0.4) is 0 Å². The van der Waals surface area contributed by atoms with Crippen molar-refractivity contribution < 1.29 is 23.4 Å². The molecule has 0 aliphatic heterocycles. The summed E-state index contributed by atoms with van der Waals surface area (Å²) in [7, 11) is 0. The monoisotopic (exact) mass is 496 g/mol. The predicted molar refractivity (Wildman–Crippen MR) is 135 cm³/mol. The van der Waals surface area contributed by atoms with Crippen LogP contribution in [-0.4, -0.2) is 39.5 Å². The second-order valence-corrected chi connectivity index (χ2v) is 9.40. The lowest BCUT2D eigenvalue weighted by atomic mass is 9.83. The quantitative estimate of drug-likeness (QED) is 0.258. The summed E-state index contributed by atoms with van der Waals surface area (Å²) in [4.78, 5) is 8.72. The van der Waals surface area contributed by atoms with Crippen LogP contribution >= 0.6 is 0 Å². The number of aromatic nitrogens is 3. The van der Waals surface area contributed by atoms with Crippen LogP contribution in [0, 0.1) is 5.41 Å². The van der Waals surface area contributed by atoms with Crippen molar-refractivity contribution in [2.45, 2.75) is 33.2 Å². The van der Waals surface area contributed by atoms with E-state index in [1.54, 1.807) is 24.3 Å². The highest BCUT2D eigenvalue weighted by atomic mass is 19.3. The van der Waals surface area contributed by atoms with Gasteiger partial charge >= 0.3 is 0 Å². The molecule has 0 unspecified atom stereocenters. The first-order valence-electron chi connectivity index (χ1n) is 11.7. The second-order valence-electron chi connectivity index (χ2n) is 9.40. The molecule has 0 spiro atoms. The lowest BCUT2D eigenvalue weighted by Gasteiger charge is -2.30. The van der Waals surface area contributed by atoms with Gasteiger partial charge < -0.3 is 24.5 Å². The third-order valence-corrected chi connectivity index (χ3v) is 5.75. The standard InChI is InChI=1S/C27H30F2N4O3/c1-26(2,3)27(28,29)19-5-4-6-22(17-19)36-21-9-7-20(8-10-21)32-25-24-23(30-18-31-25)11-12-33(24)13-15-35-16-14-34/h4-12,17-18,34H,13-16H2,1-3H3,(H,30,31,32). The molecule has 0 amide bonds. The zero-order chi connectivity index (χ0) is 25.8. The van der Waals surface area contributed by atoms with E-state index in [4.69, 9.17) is 14.6 Å². The lowest BCUT2D eigenvalue weighted by molar-refractivity contribution is -0.104. The number of anilines is 2. The van der Waals surface area contributed by atoms with Gasteiger partial charge in [0.1, 0.15) is 23.3 Å². The second kappa shape index (κ2) is 10.6. The number of nitrogens with one attached hydrogen (secondary N) is 1. The Morgan fingerprint density at radius 2 is 1.75 bits per heavy atom. The SMILES string of the molecule is CC(C)(C)C(F)(F)c1cccc(Oc2ccc(Nc3ncnc4ccn(CCOCCO)c34)cc2)c1. The first kappa shape index (κ1) is 25.5. The topological polar surface area (TPSA) is 81.4 Å². The largest absolute Gasteiger partial charge is 0.457 e. The molecule has 0 saturated heterocycles. The Labute approximate surface area is 208 Å². The molecule has 2 N–H and O–H groups in total. The number of aliphatic hydroxyl groups is 1. The van der Waals surface area contributed by atoms with Gasteiger partial charge in [0.2, 0.25) is 0 Å². The molecule has 0 bridgehead atoms. The highest BCUT2D eigenvalue weighted by Gasteiger charge is 2.44. The molecule has 2 aromatic heterocycles. The number of halogens is 2. The molecule has 0 fully saturated rings. The molecule has 4 aromatic rings. The lowest BCUT2D eigenvalue weighted by Crippen LogP contribution is -2.31. The molecule has 4 rings (SSSR count). The zero-order valence-corrected chi connectivity index (χ0v) is 20.5. The molecular weight excluding hydrogens is 466 g/mol. The molecule has 2 heterocycles. The van der Waals surface area contributed by atoms with Crippen LogP contribution in [0.15, 0.2) is 67.1 Å². The Morgan fingerprint density at radius 1 is 0.972 bits per heavy atom. The van der Waals surface area contributed by atoms with Gasteiger partial charge in [0, 0.05) is 29.4 Å². The van der Waals surface area contributed by atoms with E-state index >= 15 is 0 Å². The third-order valence-electron chi connectivity index (χ3n) is 5.75. The van der Waals surface area contributed by atoms with E-state index in [9.17, 15) is 8.78 Å². The zero-order valence-electron chi connectivity index (χ0n) is 20.5. The van der Waals surface area contributed by atoms with E-state index in [0.29, 0.717) is 37.1 Å². The Morgan fingerprint density at radius 3 is 2.47 bits per heavy atom. The third kappa shape index (κ3) is 5.63. The number of ether oxygens (including phenoxy) is 2. The summed E-state index contributed by atoms with van der Waals surface area (Å²) in [6.07, 6.45) is 3.41.